The molecule has 0 fully saturated rings. The van der Waals surface area contributed by atoms with Gasteiger partial charge in [-0.15, -0.1) is 0 Å². The number of carbonyl (C=O) groups excluding carboxylic acids is 1. The lowest BCUT2D eigenvalue weighted by Crippen LogP contribution is -2.28. The van der Waals surface area contributed by atoms with Crippen molar-refractivity contribution in [2.45, 2.75) is 60.1 Å². The largest absolute Gasteiger partial charge is 0.462 e. The average molecular weight is 543 g/mol. The lowest BCUT2D eigenvalue weighted by atomic mass is 9.92. The number of aromatic nitrogens is 4. The summed E-state index contributed by atoms with van der Waals surface area (Å²) in [7, 11) is 1.83. The number of halogens is 2. The van der Waals surface area contributed by atoms with Crippen molar-refractivity contribution in [2.75, 3.05) is 6.61 Å². The first-order valence-electron chi connectivity index (χ1n) is 12.1. The number of rotatable bonds is 7. The Balaban J connectivity index is 1.93. The number of pyridine rings is 1. The average Bonchev–Trinajstić information content (AvgIpc) is 3.20. The number of benzene rings is 1. The van der Waals surface area contributed by atoms with E-state index in [1.54, 1.807) is 18.5 Å². The molecule has 3 heterocycles. The highest BCUT2D eigenvalue weighted by Crippen LogP contribution is 2.39. The molecule has 0 saturated heterocycles. The van der Waals surface area contributed by atoms with E-state index in [4.69, 9.17) is 32.9 Å². The minimum Gasteiger partial charge on any atom is -0.462 e. The summed E-state index contributed by atoms with van der Waals surface area (Å²) in [4.78, 5) is 17.8. The molecule has 0 aliphatic carbocycles. The van der Waals surface area contributed by atoms with Crippen molar-refractivity contribution >= 4 is 40.2 Å². The van der Waals surface area contributed by atoms with Crippen LogP contribution >= 0.6 is 23.2 Å². The van der Waals surface area contributed by atoms with E-state index in [0.29, 0.717) is 16.7 Å². The van der Waals surface area contributed by atoms with Gasteiger partial charge in [0.1, 0.15) is 17.4 Å². The van der Waals surface area contributed by atoms with Crippen LogP contribution in [0.5, 0.6) is 0 Å². The molecule has 0 saturated carbocycles. The van der Waals surface area contributed by atoms with Crippen LogP contribution in [0.4, 0.5) is 0 Å². The van der Waals surface area contributed by atoms with Crippen LogP contribution in [-0.2, 0) is 29.5 Å². The molecule has 4 rings (SSSR count). The molecule has 1 aromatic carbocycles. The predicted molar refractivity (Wildman–Crippen MR) is 147 cm³/mol. The quantitative estimate of drug-likeness (QED) is 0.295. The van der Waals surface area contributed by atoms with Crippen LogP contribution in [0.3, 0.4) is 0 Å². The zero-order chi connectivity index (χ0) is 27.2. The fourth-order valence-corrected chi connectivity index (χ4v) is 4.99. The molecule has 7 nitrogen and oxygen atoms in total. The van der Waals surface area contributed by atoms with Gasteiger partial charge in [-0.05, 0) is 75.9 Å². The molecule has 37 heavy (non-hydrogen) atoms. The Morgan fingerprint density at radius 1 is 1.05 bits per heavy atom. The molecule has 0 radical (unpaired) electrons. The minimum atomic E-state index is -1.11. The van der Waals surface area contributed by atoms with Crippen molar-refractivity contribution in [1.82, 2.24) is 19.3 Å². The molecule has 0 unspecified atom stereocenters. The van der Waals surface area contributed by atoms with Crippen molar-refractivity contribution < 1.29 is 14.6 Å². The zero-order valence-corrected chi connectivity index (χ0v) is 23.8. The molecule has 0 bridgehead atoms. The van der Waals surface area contributed by atoms with Crippen LogP contribution in [0.15, 0.2) is 24.3 Å². The van der Waals surface area contributed by atoms with Gasteiger partial charge < -0.3 is 14.4 Å². The summed E-state index contributed by atoms with van der Waals surface area (Å²) in [6, 6.07) is 7.59. The number of hydrogen-bond donors (Lipinski definition) is 1. The van der Waals surface area contributed by atoms with Gasteiger partial charge in [-0.2, -0.15) is 5.10 Å². The molecule has 4 aromatic rings. The van der Waals surface area contributed by atoms with Crippen molar-refractivity contribution in [3.8, 4) is 11.1 Å². The van der Waals surface area contributed by atoms with Crippen LogP contribution in [0.2, 0.25) is 10.2 Å². The molecule has 1 N–H and O–H groups in total. The third kappa shape index (κ3) is 5.40. The molecular weight excluding hydrogens is 511 g/mol. The molecule has 3 aromatic heterocycles. The van der Waals surface area contributed by atoms with E-state index in [9.17, 15) is 9.90 Å². The minimum absolute atomic E-state index is 0.0278. The smallest absolute Gasteiger partial charge is 0.310 e. The maximum absolute atomic E-state index is 12.8. The summed E-state index contributed by atoms with van der Waals surface area (Å²) >= 11 is 12.8. The van der Waals surface area contributed by atoms with Crippen molar-refractivity contribution in [1.29, 1.82) is 0 Å². The first kappa shape index (κ1) is 27.2. The Bertz CT molecular complexity index is 1500. The maximum Gasteiger partial charge on any atom is 0.310 e. The summed E-state index contributed by atoms with van der Waals surface area (Å²) in [6.45, 7) is 11.6. The van der Waals surface area contributed by atoms with Gasteiger partial charge in [-0.25, -0.2) is 4.98 Å². The number of nitrogens with zero attached hydrogens (tertiary/aromatic N) is 4. The third-order valence-electron chi connectivity index (χ3n) is 6.69. The number of fused-ring (bicyclic) bond motifs is 1. The SMILES string of the molecule is Cc1nc2c(c(C)c(C)n2Cc2c(C)nn(C)c2Cl)c(-c2ccc(Cl)cc2)c1CC(=O)OCC(C)(C)O. The van der Waals surface area contributed by atoms with Gasteiger partial charge >= 0.3 is 5.97 Å². The van der Waals surface area contributed by atoms with Crippen LogP contribution in [0.1, 0.15) is 47.6 Å². The summed E-state index contributed by atoms with van der Waals surface area (Å²) in [5, 5.41) is 16.7. The van der Waals surface area contributed by atoms with Crippen LogP contribution < -0.4 is 0 Å². The fraction of sp³-hybridized carbons (Fsp3) is 0.393. The highest BCUT2D eigenvalue weighted by molar-refractivity contribution is 6.30. The van der Waals surface area contributed by atoms with Gasteiger partial charge in [0.15, 0.2) is 0 Å². The molecule has 0 spiro atoms. The standard InChI is InChI=1S/C28H32Cl2N4O3/c1-15-18(4)34(13-22-17(3)32-33(7)26(22)30)27-24(15)25(19-8-10-20(29)11-9-19)21(16(2)31-27)12-23(35)37-14-28(5,6)36/h8-11,36H,12-14H2,1-7H3. The van der Waals surface area contributed by atoms with E-state index in [1.807, 2.05) is 45.2 Å². The van der Waals surface area contributed by atoms with Gasteiger partial charge in [0.25, 0.3) is 0 Å². The summed E-state index contributed by atoms with van der Waals surface area (Å²) in [5.74, 6) is -0.423. The normalized spacial score (nSPS) is 11.9. The number of hydrogen-bond acceptors (Lipinski definition) is 5. The highest BCUT2D eigenvalue weighted by Gasteiger charge is 2.25. The number of ether oxygens (including phenoxy) is 1. The van der Waals surface area contributed by atoms with Crippen molar-refractivity contribution in [2.24, 2.45) is 7.05 Å². The predicted octanol–water partition coefficient (Wildman–Crippen LogP) is 5.88. The second kappa shape index (κ2) is 10.1. The van der Waals surface area contributed by atoms with Gasteiger partial charge in [-0.3, -0.25) is 9.48 Å². The maximum atomic E-state index is 12.8. The fourth-order valence-electron chi connectivity index (χ4n) is 4.63. The number of aryl methyl sites for hydroxylation is 4. The van der Waals surface area contributed by atoms with E-state index in [-0.39, 0.29) is 13.0 Å². The monoisotopic (exact) mass is 542 g/mol. The zero-order valence-electron chi connectivity index (χ0n) is 22.2. The van der Waals surface area contributed by atoms with Crippen LogP contribution in [0, 0.1) is 27.7 Å². The van der Waals surface area contributed by atoms with Gasteiger partial charge in [0, 0.05) is 34.4 Å². The van der Waals surface area contributed by atoms with Crippen molar-refractivity contribution in [3.05, 3.63) is 68.2 Å². The molecule has 0 aliphatic rings. The number of aliphatic hydroxyl groups is 1. The lowest BCUT2D eigenvalue weighted by Gasteiger charge is -2.19. The molecule has 196 valence electrons. The lowest BCUT2D eigenvalue weighted by molar-refractivity contribution is -0.149. The van der Waals surface area contributed by atoms with Crippen LogP contribution in [-0.4, -0.2) is 42.6 Å². The highest BCUT2D eigenvalue weighted by atomic mass is 35.5. The molecule has 0 atom stereocenters. The molecule has 0 amide bonds. The summed E-state index contributed by atoms with van der Waals surface area (Å²) in [5.41, 5.74) is 7.00. The second-order valence-corrected chi connectivity index (χ2v) is 11.0. The van der Waals surface area contributed by atoms with Gasteiger partial charge in [0.05, 0.1) is 24.3 Å². The van der Waals surface area contributed by atoms with Crippen molar-refractivity contribution in [3.63, 3.8) is 0 Å². The first-order chi connectivity index (χ1) is 17.3. The molecule has 9 heteroatoms. The first-order valence-corrected chi connectivity index (χ1v) is 12.8. The third-order valence-corrected chi connectivity index (χ3v) is 7.42. The van der Waals surface area contributed by atoms with Gasteiger partial charge in [-0.1, -0.05) is 35.3 Å². The van der Waals surface area contributed by atoms with E-state index in [0.717, 1.165) is 55.9 Å². The van der Waals surface area contributed by atoms with E-state index in [2.05, 4.69) is 23.5 Å². The Morgan fingerprint density at radius 2 is 1.70 bits per heavy atom. The van der Waals surface area contributed by atoms with E-state index in [1.165, 1.54) is 0 Å². The Morgan fingerprint density at radius 3 is 2.27 bits per heavy atom. The molecule has 0 aliphatic heterocycles. The van der Waals surface area contributed by atoms with Crippen LogP contribution in [0.25, 0.3) is 22.2 Å². The Hall–Kier alpha value is -2.87. The number of esters is 1. The van der Waals surface area contributed by atoms with E-state index < -0.39 is 11.6 Å². The number of carbonyl (C=O) groups is 1. The molecular formula is C28H32Cl2N4O3. The topological polar surface area (TPSA) is 82.2 Å². The Kier molecular flexibility index (Phi) is 7.43. The summed E-state index contributed by atoms with van der Waals surface area (Å²) in [6.07, 6.45) is 0.0278. The Labute approximate surface area is 227 Å². The van der Waals surface area contributed by atoms with E-state index >= 15 is 0 Å². The van der Waals surface area contributed by atoms with Gasteiger partial charge in [0.2, 0.25) is 0 Å². The second-order valence-electron chi connectivity index (χ2n) is 10.2. The summed E-state index contributed by atoms with van der Waals surface area (Å²) < 4.78 is 9.22.